The van der Waals surface area contributed by atoms with Crippen LogP contribution in [-0.4, -0.2) is 23.1 Å². The van der Waals surface area contributed by atoms with Crippen molar-refractivity contribution in [1.82, 2.24) is 10.3 Å². The first-order valence-electron chi connectivity index (χ1n) is 5.95. The zero-order chi connectivity index (χ0) is 12.7. The molecule has 0 fully saturated rings. The Labute approximate surface area is 103 Å². The van der Waals surface area contributed by atoms with Gasteiger partial charge in [-0.2, -0.15) is 0 Å². The molecule has 0 saturated heterocycles. The number of hydrogen-bond donors (Lipinski definition) is 1. The fraction of sp³-hybridized carbons (Fsp3) is 0.538. The van der Waals surface area contributed by atoms with Crippen molar-refractivity contribution in [3.05, 3.63) is 30.1 Å². The van der Waals surface area contributed by atoms with E-state index in [4.69, 9.17) is 4.74 Å². The minimum atomic E-state index is 0.208. The highest BCUT2D eigenvalue weighted by atomic mass is 16.5. The second kappa shape index (κ2) is 6.89. The van der Waals surface area contributed by atoms with Gasteiger partial charge in [-0.05, 0) is 39.8 Å². The maximum atomic E-state index is 5.63. The third kappa shape index (κ3) is 5.90. The number of amidine groups is 1. The predicted octanol–water partition coefficient (Wildman–Crippen LogP) is 2.36. The van der Waals surface area contributed by atoms with Crippen LogP contribution in [0.25, 0.3) is 0 Å². The number of ether oxygens (including phenoxy) is 1. The van der Waals surface area contributed by atoms with Crippen LogP contribution in [0.4, 0.5) is 0 Å². The number of aliphatic imine (C=N–C) groups is 1. The molecule has 1 heterocycles. The Kier molecular flexibility index (Phi) is 5.46. The molecule has 0 unspecified atom stereocenters. The summed E-state index contributed by atoms with van der Waals surface area (Å²) in [6.45, 7) is 8.59. The topological polar surface area (TPSA) is 46.5 Å². The normalized spacial score (nSPS) is 12.0. The maximum absolute atomic E-state index is 5.63. The lowest BCUT2D eigenvalue weighted by atomic mass is 10.4. The van der Waals surface area contributed by atoms with Crippen LogP contribution in [0.1, 0.15) is 33.4 Å². The van der Waals surface area contributed by atoms with E-state index in [2.05, 4.69) is 29.1 Å². The van der Waals surface area contributed by atoms with Crippen molar-refractivity contribution >= 4 is 6.02 Å². The molecule has 0 aliphatic rings. The van der Waals surface area contributed by atoms with E-state index in [9.17, 15) is 0 Å². The Bertz CT molecular complexity index is 347. The Balaban J connectivity index is 2.55. The number of hydrogen-bond acceptors (Lipinski definition) is 3. The molecule has 4 nitrogen and oxygen atoms in total. The summed E-state index contributed by atoms with van der Waals surface area (Å²) in [7, 11) is 0. The van der Waals surface area contributed by atoms with E-state index in [1.165, 1.54) is 0 Å². The van der Waals surface area contributed by atoms with Crippen molar-refractivity contribution in [3.63, 3.8) is 0 Å². The first kappa shape index (κ1) is 13.5. The second-order valence-electron chi connectivity index (χ2n) is 4.44. The molecule has 0 amide bonds. The summed E-state index contributed by atoms with van der Waals surface area (Å²) < 4.78 is 5.63. The van der Waals surface area contributed by atoms with Gasteiger partial charge >= 0.3 is 0 Å². The summed E-state index contributed by atoms with van der Waals surface area (Å²) in [5.74, 6) is 0. The first-order chi connectivity index (χ1) is 8.08. The van der Waals surface area contributed by atoms with Crippen molar-refractivity contribution in [2.45, 2.75) is 46.4 Å². The van der Waals surface area contributed by atoms with E-state index in [-0.39, 0.29) is 6.04 Å². The minimum absolute atomic E-state index is 0.208. The molecular weight excluding hydrogens is 214 g/mol. The summed E-state index contributed by atoms with van der Waals surface area (Å²) in [6, 6.07) is 6.86. The number of rotatable bonds is 4. The summed E-state index contributed by atoms with van der Waals surface area (Å²) >= 11 is 0. The molecule has 0 atom stereocenters. The van der Waals surface area contributed by atoms with Crippen LogP contribution in [0.3, 0.4) is 0 Å². The van der Waals surface area contributed by atoms with Gasteiger partial charge in [0.05, 0.1) is 5.69 Å². The van der Waals surface area contributed by atoms with Crippen molar-refractivity contribution in [2.75, 3.05) is 0 Å². The molecule has 0 aromatic carbocycles. The zero-order valence-corrected chi connectivity index (χ0v) is 11.0. The molecule has 0 radical (unpaired) electrons. The van der Waals surface area contributed by atoms with E-state index in [1.54, 1.807) is 6.20 Å². The molecule has 1 aromatic heterocycles. The summed E-state index contributed by atoms with van der Waals surface area (Å²) in [5.41, 5.74) is 0.898. The van der Waals surface area contributed by atoms with Crippen LogP contribution in [0.5, 0.6) is 0 Å². The fourth-order valence-electron chi connectivity index (χ4n) is 1.22. The van der Waals surface area contributed by atoms with Gasteiger partial charge in [-0.15, -0.1) is 0 Å². The van der Waals surface area contributed by atoms with E-state index < -0.39 is 0 Å². The number of aromatic nitrogens is 1. The largest absolute Gasteiger partial charge is 0.459 e. The Morgan fingerprint density at radius 2 is 2.12 bits per heavy atom. The zero-order valence-electron chi connectivity index (χ0n) is 11.0. The summed E-state index contributed by atoms with van der Waals surface area (Å²) in [6.07, 6.45) is 1.76. The highest BCUT2D eigenvalue weighted by Gasteiger charge is 2.04. The molecule has 0 saturated carbocycles. The van der Waals surface area contributed by atoms with Crippen molar-refractivity contribution < 1.29 is 4.74 Å². The maximum Gasteiger partial charge on any atom is 0.285 e. The van der Waals surface area contributed by atoms with Gasteiger partial charge < -0.3 is 10.1 Å². The van der Waals surface area contributed by atoms with Crippen molar-refractivity contribution in [3.8, 4) is 0 Å². The first-order valence-corrected chi connectivity index (χ1v) is 5.95. The number of pyridine rings is 1. The molecular formula is C13H21N3O. The van der Waals surface area contributed by atoms with Crippen LogP contribution in [0.2, 0.25) is 0 Å². The molecule has 17 heavy (non-hydrogen) atoms. The Morgan fingerprint density at radius 3 is 2.65 bits per heavy atom. The lowest BCUT2D eigenvalue weighted by Gasteiger charge is -2.14. The van der Waals surface area contributed by atoms with E-state index in [0.717, 1.165) is 5.69 Å². The highest BCUT2D eigenvalue weighted by Crippen LogP contribution is 1.98. The quantitative estimate of drug-likeness (QED) is 0.643. The van der Waals surface area contributed by atoms with Gasteiger partial charge in [-0.3, -0.25) is 4.98 Å². The second-order valence-corrected chi connectivity index (χ2v) is 4.44. The van der Waals surface area contributed by atoms with Crippen LogP contribution in [0.15, 0.2) is 29.4 Å². The van der Waals surface area contributed by atoms with Gasteiger partial charge in [-0.1, -0.05) is 6.07 Å². The molecule has 4 heteroatoms. The van der Waals surface area contributed by atoms with Crippen LogP contribution < -0.4 is 5.32 Å². The molecule has 1 rings (SSSR count). The molecule has 1 aromatic rings. The summed E-state index contributed by atoms with van der Waals surface area (Å²) in [4.78, 5) is 8.59. The summed E-state index contributed by atoms with van der Waals surface area (Å²) in [5, 5.41) is 3.18. The van der Waals surface area contributed by atoms with E-state index >= 15 is 0 Å². The third-order valence-electron chi connectivity index (χ3n) is 1.87. The SMILES string of the molecule is CC(C)N=C(NC(C)C)OCc1ccccn1. The molecule has 0 spiro atoms. The van der Waals surface area contributed by atoms with Crippen molar-refractivity contribution in [1.29, 1.82) is 0 Å². The van der Waals surface area contributed by atoms with Crippen LogP contribution in [0, 0.1) is 0 Å². The van der Waals surface area contributed by atoms with Gasteiger partial charge in [-0.25, -0.2) is 4.99 Å². The van der Waals surface area contributed by atoms with Gasteiger partial charge in [0.1, 0.15) is 6.61 Å². The average molecular weight is 235 g/mol. The lowest BCUT2D eigenvalue weighted by molar-refractivity contribution is 0.266. The fourth-order valence-corrected chi connectivity index (χ4v) is 1.22. The number of nitrogens with one attached hydrogen (secondary N) is 1. The van der Waals surface area contributed by atoms with E-state index in [1.807, 2.05) is 32.0 Å². The van der Waals surface area contributed by atoms with Gasteiger partial charge in [0.25, 0.3) is 6.02 Å². The minimum Gasteiger partial charge on any atom is -0.459 e. The van der Waals surface area contributed by atoms with Crippen LogP contribution >= 0.6 is 0 Å². The molecule has 0 bridgehead atoms. The monoisotopic (exact) mass is 235 g/mol. The smallest absolute Gasteiger partial charge is 0.285 e. The van der Waals surface area contributed by atoms with Crippen LogP contribution in [-0.2, 0) is 11.3 Å². The Morgan fingerprint density at radius 1 is 1.35 bits per heavy atom. The lowest BCUT2D eigenvalue weighted by Crippen LogP contribution is -2.33. The predicted molar refractivity (Wildman–Crippen MR) is 69.9 cm³/mol. The molecule has 94 valence electrons. The highest BCUT2D eigenvalue weighted by molar-refractivity contribution is 5.73. The molecule has 0 aliphatic heterocycles. The number of nitrogens with zero attached hydrogens (tertiary/aromatic N) is 2. The Hall–Kier alpha value is -1.58. The van der Waals surface area contributed by atoms with E-state index in [0.29, 0.717) is 18.7 Å². The molecule has 1 N–H and O–H groups in total. The average Bonchev–Trinajstić information content (AvgIpc) is 2.26. The van der Waals surface area contributed by atoms with Gasteiger partial charge in [0.15, 0.2) is 0 Å². The standard InChI is InChI=1S/C13H21N3O/c1-10(2)15-13(16-11(3)4)17-9-12-7-5-6-8-14-12/h5-8,10-11H,9H2,1-4H3,(H,15,16). The van der Waals surface area contributed by atoms with Crippen molar-refractivity contribution in [2.24, 2.45) is 4.99 Å². The van der Waals surface area contributed by atoms with Gasteiger partial charge in [0, 0.05) is 18.3 Å². The van der Waals surface area contributed by atoms with Gasteiger partial charge in [0.2, 0.25) is 0 Å². The molecule has 0 aliphatic carbocycles. The third-order valence-corrected chi connectivity index (χ3v) is 1.87.